The molecule has 1 aromatic carbocycles. The van der Waals surface area contributed by atoms with Crippen LogP contribution in [0, 0.1) is 10.8 Å². The highest BCUT2D eigenvalue weighted by atomic mass is 16.3. The summed E-state index contributed by atoms with van der Waals surface area (Å²) in [5, 5.41) is 11.1. The van der Waals surface area contributed by atoms with E-state index in [0.29, 0.717) is 6.42 Å². The van der Waals surface area contributed by atoms with Crippen LogP contribution in [0.2, 0.25) is 0 Å². The molecule has 1 aliphatic heterocycles. The molecule has 0 bridgehead atoms. The zero-order chi connectivity index (χ0) is 18.4. The molecule has 134 valence electrons. The van der Waals surface area contributed by atoms with Crippen molar-refractivity contribution in [1.82, 2.24) is 0 Å². The van der Waals surface area contributed by atoms with E-state index in [1.165, 1.54) is 0 Å². The van der Waals surface area contributed by atoms with E-state index in [4.69, 9.17) is 0 Å². The SMILES string of the molecule is CC(C)c1cccc(C(C)C)c1N1C(=O)C(C)(C)CC(C)(C)C1O. The van der Waals surface area contributed by atoms with Crippen LogP contribution in [0.3, 0.4) is 0 Å². The van der Waals surface area contributed by atoms with Gasteiger partial charge in [0.15, 0.2) is 0 Å². The lowest BCUT2D eigenvalue weighted by Crippen LogP contribution is -2.60. The molecule has 0 saturated carbocycles. The van der Waals surface area contributed by atoms with E-state index in [-0.39, 0.29) is 23.2 Å². The Morgan fingerprint density at radius 2 is 1.50 bits per heavy atom. The van der Waals surface area contributed by atoms with Crippen LogP contribution in [0.4, 0.5) is 5.69 Å². The van der Waals surface area contributed by atoms with Crippen LogP contribution < -0.4 is 4.90 Å². The van der Waals surface area contributed by atoms with E-state index >= 15 is 0 Å². The van der Waals surface area contributed by atoms with Crippen LogP contribution in [-0.4, -0.2) is 17.2 Å². The van der Waals surface area contributed by atoms with Crippen LogP contribution in [0.15, 0.2) is 18.2 Å². The number of piperidine rings is 1. The molecule has 0 spiro atoms. The number of aliphatic hydroxyl groups excluding tert-OH is 1. The summed E-state index contributed by atoms with van der Waals surface area (Å²) in [6.07, 6.45) is -0.132. The Labute approximate surface area is 147 Å². The van der Waals surface area contributed by atoms with Gasteiger partial charge in [0, 0.05) is 10.8 Å². The number of nitrogens with zero attached hydrogens (tertiary/aromatic N) is 1. The summed E-state index contributed by atoms with van der Waals surface area (Å²) in [6.45, 7) is 16.6. The Morgan fingerprint density at radius 3 is 1.92 bits per heavy atom. The molecule has 1 unspecified atom stereocenters. The zero-order valence-electron chi connectivity index (χ0n) is 16.5. The van der Waals surface area contributed by atoms with Gasteiger partial charge in [-0.3, -0.25) is 9.69 Å². The van der Waals surface area contributed by atoms with Gasteiger partial charge < -0.3 is 5.11 Å². The molecule has 1 N–H and O–H groups in total. The van der Waals surface area contributed by atoms with E-state index in [0.717, 1.165) is 16.8 Å². The molecule has 1 aliphatic rings. The summed E-state index contributed by atoms with van der Waals surface area (Å²) in [5.41, 5.74) is 2.33. The van der Waals surface area contributed by atoms with Crippen LogP contribution in [0.1, 0.15) is 84.8 Å². The zero-order valence-corrected chi connectivity index (χ0v) is 16.5. The number of para-hydroxylation sites is 1. The van der Waals surface area contributed by atoms with Crippen LogP contribution >= 0.6 is 0 Å². The highest BCUT2D eigenvalue weighted by Gasteiger charge is 2.51. The lowest BCUT2D eigenvalue weighted by molar-refractivity contribution is -0.139. The summed E-state index contributed by atoms with van der Waals surface area (Å²) in [6, 6.07) is 6.23. The second-order valence-electron chi connectivity index (χ2n) is 9.19. The molecule has 1 amide bonds. The number of carbonyl (C=O) groups excluding carboxylic acids is 1. The van der Waals surface area contributed by atoms with Crippen molar-refractivity contribution in [2.24, 2.45) is 10.8 Å². The summed E-state index contributed by atoms with van der Waals surface area (Å²) in [5.74, 6) is 0.586. The fraction of sp³-hybridized carbons (Fsp3) is 0.667. The predicted molar refractivity (Wildman–Crippen MR) is 100 cm³/mol. The van der Waals surface area contributed by atoms with Crippen LogP contribution in [0.5, 0.6) is 0 Å². The van der Waals surface area contributed by atoms with E-state index < -0.39 is 11.6 Å². The fourth-order valence-corrected chi connectivity index (χ4v) is 4.11. The Balaban J connectivity index is 2.74. The quantitative estimate of drug-likeness (QED) is 0.843. The minimum absolute atomic E-state index is 0.0179. The van der Waals surface area contributed by atoms with E-state index in [9.17, 15) is 9.90 Å². The standard InChI is InChI=1S/C21H33NO2/c1-13(2)15-10-9-11-16(14(3)4)17(15)22-18(23)20(5,6)12-21(7,8)19(22)24/h9-11,13-14,18,23H,12H2,1-8H3. The molecular formula is C21H33NO2. The van der Waals surface area contributed by atoms with Gasteiger partial charge in [0.05, 0.1) is 5.69 Å². The predicted octanol–water partition coefficient (Wildman–Crippen LogP) is 5.04. The van der Waals surface area contributed by atoms with Crippen LogP contribution in [0.25, 0.3) is 0 Å². The van der Waals surface area contributed by atoms with Crippen molar-refractivity contribution in [3.05, 3.63) is 29.3 Å². The van der Waals surface area contributed by atoms with Gasteiger partial charge in [-0.1, -0.05) is 73.6 Å². The Bertz CT molecular complexity index is 602. The number of aliphatic hydroxyl groups is 1. The van der Waals surface area contributed by atoms with E-state index in [1.54, 1.807) is 4.90 Å². The van der Waals surface area contributed by atoms with Gasteiger partial charge in [-0.25, -0.2) is 0 Å². The van der Waals surface area contributed by atoms with Crippen LogP contribution in [-0.2, 0) is 4.79 Å². The molecule has 24 heavy (non-hydrogen) atoms. The first-order valence-corrected chi connectivity index (χ1v) is 9.04. The number of amides is 1. The number of benzene rings is 1. The molecule has 1 heterocycles. The largest absolute Gasteiger partial charge is 0.373 e. The molecule has 1 fully saturated rings. The first-order chi connectivity index (χ1) is 10.9. The third-order valence-electron chi connectivity index (χ3n) is 5.22. The fourth-order valence-electron chi connectivity index (χ4n) is 4.11. The van der Waals surface area contributed by atoms with Crippen molar-refractivity contribution >= 4 is 11.6 Å². The first kappa shape index (κ1) is 19.0. The number of hydrogen-bond donors (Lipinski definition) is 1. The van der Waals surface area contributed by atoms with Gasteiger partial charge in [-0.15, -0.1) is 0 Å². The van der Waals surface area contributed by atoms with Gasteiger partial charge >= 0.3 is 0 Å². The Morgan fingerprint density at radius 1 is 1.04 bits per heavy atom. The molecule has 1 aromatic rings. The third-order valence-corrected chi connectivity index (χ3v) is 5.22. The summed E-state index contributed by atoms with van der Waals surface area (Å²) in [7, 11) is 0. The second kappa shape index (κ2) is 6.18. The molecule has 0 radical (unpaired) electrons. The highest BCUT2D eigenvalue weighted by Crippen LogP contribution is 2.48. The average Bonchev–Trinajstić information content (AvgIpc) is 2.44. The molecule has 3 nitrogen and oxygen atoms in total. The van der Waals surface area contributed by atoms with Crippen molar-refractivity contribution < 1.29 is 9.90 Å². The number of hydrogen-bond acceptors (Lipinski definition) is 2. The molecule has 1 saturated heterocycles. The maximum atomic E-state index is 13.3. The molecular weight excluding hydrogens is 298 g/mol. The smallest absolute Gasteiger partial charge is 0.234 e. The molecule has 1 atom stereocenters. The number of rotatable bonds is 3. The molecule has 0 aromatic heterocycles. The number of anilines is 1. The average molecular weight is 332 g/mol. The van der Waals surface area contributed by atoms with E-state index in [1.807, 2.05) is 27.7 Å². The van der Waals surface area contributed by atoms with Gasteiger partial charge in [0.1, 0.15) is 6.23 Å². The second-order valence-corrected chi connectivity index (χ2v) is 9.19. The Hall–Kier alpha value is -1.35. The van der Waals surface area contributed by atoms with Crippen molar-refractivity contribution in [3.63, 3.8) is 0 Å². The topological polar surface area (TPSA) is 40.5 Å². The normalized spacial score (nSPS) is 23.2. The van der Waals surface area contributed by atoms with Gasteiger partial charge in [-0.2, -0.15) is 0 Å². The summed E-state index contributed by atoms with van der Waals surface area (Å²) < 4.78 is 0. The maximum absolute atomic E-state index is 13.3. The van der Waals surface area contributed by atoms with Crippen molar-refractivity contribution in [3.8, 4) is 0 Å². The lowest BCUT2D eigenvalue weighted by atomic mass is 9.69. The number of carbonyl (C=O) groups is 1. The summed E-state index contributed by atoms with van der Waals surface area (Å²) >= 11 is 0. The minimum Gasteiger partial charge on any atom is -0.373 e. The van der Waals surface area contributed by atoms with Crippen molar-refractivity contribution in [1.29, 1.82) is 0 Å². The van der Waals surface area contributed by atoms with Crippen molar-refractivity contribution in [2.45, 2.75) is 79.9 Å². The van der Waals surface area contributed by atoms with Gasteiger partial charge in [0.2, 0.25) is 5.91 Å². The van der Waals surface area contributed by atoms with Crippen molar-refractivity contribution in [2.75, 3.05) is 4.90 Å². The molecule has 3 heteroatoms. The minimum atomic E-state index is -0.810. The van der Waals surface area contributed by atoms with E-state index in [2.05, 4.69) is 45.9 Å². The highest BCUT2D eigenvalue weighted by molar-refractivity contribution is 6.00. The molecule has 0 aliphatic carbocycles. The van der Waals surface area contributed by atoms with Gasteiger partial charge in [-0.05, 0) is 29.4 Å². The van der Waals surface area contributed by atoms with Gasteiger partial charge in [0.25, 0.3) is 0 Å². The first-order valence-electron chi connectivity index (χ1n) is 9.04. The monoisotopic (exact) mass is 331 g/mol. The Kier molecular flexibility index (Phi) is 4.89. The third kappa shape index (κ3) is 3.11. The lowest BCUT2D eigenvalue weighted by Gasteiger charge is -2.50. The summed E-state index contributed by atoms with van der Waals surface area (Å²) in [4.78, 5) is 14.9. The molecule has 2 rings (SSSR count). The maximum Gasteiger partial charge on any atom is 0.234 e.